The van der Waals surface area contributed by atoms with Gasteiger partial charge in [0.2, 0.25) is 0 Å². The minimum absolute atomic E-state index is 0.600. The largest absolute Gasteiger partial charge is 0.124 e. The molecule has 0 heteroatoms. The third kappa shape index (κ3) is 0.417. The smallest absolute Gasteiger partial charge is 0.120 e. The first-order valence-corrected chi connectivity index (χ1v) is 1.86. The molecule has 0 aliphatic heterocycles. The maximum atomic E-state index is 6.41. The molecule has 0 saturated heterocycles. The Kier molecular flexibility index (Phi) is 0.282. The Morgan fingerprint density at radius 1 is 2.00 bits per heavy atom. The topological polar surface area (TPSA) is 0 Å². The molecule has 0 aromatic heterocycles. The van der Waals surface area contributed by atoms with Crippen LogP contribution in [0.4, 0.5) is 0 Å². The van der Waals surface area contributed by atoms with Crippen LogP contribution < -0.4 is 0 Å². The highest BCUT2D eigenvalue weighted by atomic mass is 14.2. The van der Waals surface area contributed by atoms with E-state index in [0.29, 0.717) is 5.92 Å². The number of hydrogen-bond acceptors (Lipinski definition) is 0. The number of hydrogen-bond donors (Lipinski definition) is 0. The van der Waals surface area contributed by atoms with Gasteiger partial charge in [-0.3, -0.25) is 0 Å². The second kappa shape index (κ2) is 0.755. The van der Waals surface area contributed by atoms with Gasteiger partial charge in [0, 0.05) is 5.92 Å². The molecule has 1 saturated carbocycles. The first kappa shape index (κ1) is 1.87. The van der Waals surface area contributed by atoms with Crippen molar-refractivity contribution in [1.82, 2.24) is 0 Å². The highest BCUT2D eigenvalue weighted by Crippen LogP contribution is 2.26. The van der Waals surface area contributed by atoms with Gasteiger partial charge in [0.25, 0.3) is 0 Å². The molecule has 0 N–H and O–H groups in total. The van der Waals surface area contributed by atoms with E-state index in [0.717, 1.165) is 0 Å². The van der Waals surface area contributed by atoms with Gasteiger partial charge in [0.05, 0.1) is 0 Å². The Labute approximate surface area is 33.6 Å². The van der Waals surface area contributed by atoms with Crippen molar-refractivity contribution in [3.05, 3.63) is 0 Å². The molecule has 0 aromatic rings. The molecule has 0 nitrogen and oxygen atoms in total. The predicted octanol–water partition coefficient (Wildman–Crippen LogP) is 1.03. The minimum Gasteiger partial charge on any atom is -0.120 e. The highest BCUT2D eigenvalue weighted by molar-refractivity contribution is 5.00. The van der Waals surface area contributed by atoms with Crippen LogP contribution in [0.5, 0.6) is 0 Å². The summed E-state index contributed by atoms with van der Waals surface area (Å²) in [6, 6.07) is 0. The second-order valence-corrected chi connectivity index (χ2v) is 1.42. The lowest BCUT2D eigenvalue weighted by Crippen LogP contribution is -1.52. The molecule has 0 amide bonds. The van der Waals surface area contributed by atoms with Gasteiger partial charge >= 0.3 is 0 Å². The van der Waals surface area contributed by atoms with Gasteiger partial charge < -0.3 is 0 Å². The molecular weight excluding hydrogens is 60.1 g/mol. The lowest BCUT2D eigenvalue weighted by atomic mass is 10.5. The van der Waals surface area contributed by atoms with Crippen LogP contribution in [0.2, 0.25) is 0 Å². The monoisotopic (exact) mass is 67.1 g/mol. The zero-order valence-electron chi connectivity index (χ0n) is 3.99. The molecule has 0 aromatic carbocycles. The summed E-state index contributed by atoms with van der Waals surface area (Å²) in [4.78, 5) is 0. The van der Waals surface area contributed by atoms with Crippen LogP contribution in [0.25, 0.3) is 0 Å². The molecule has 1 aliphatic carbocycles. The van der Waals surface area contributed by atoms with E-state index < -0.39 is 0 Å². The summed E-state index contributed by atoms with van der Waals surface area (Å²) in [6.07, 6.45) is 4.59. The molecule has 0 spiro atoms. The fourth-order valence-corrected chi connectivity index (χ4v) is 0.228. The van der Waals surface area contributed by atoms with Crippen molar-refractivity contribution in [2.75, 3.05) is 0 Å². The lowest BCUT2D eigenvalue weighted by molar-refractivity contribution is 1.18. The summed E-state index contributed by atoms with van der Waals surface area (Å²) in [7, 11) is 0. The zero-order valence-corrected chi connectivity index (χ0v) is 2.99. The Bertz CT molecular complexity index is 92.2. The van der Waals surface area contributed by atoms with Crippen LogP contribution in [0.1, 0.15) is 14.2 Å². The molecule has 1 rings (SSSR count). The zero-order chi connectivity index (χ0) is 4.41. The Balaban J connectivity index is 2.27. The molecule has 0 atom stereocenters. The van der Waals surface area contributed by atoms with Crippen molar-refractivity contribution in [1.29, 1.82) is 0 Å². The van der Waals surface area contributed by atoms with Gasteiger partial charge in [-0.1, -0.05) is 0 Å². The maximum absolute atomic E-state index is 6.41. The summed E-state index contributed by atoms with van der Waals surface area (Å²) < 4.78 is 6.41. The van der Waals surface area contributed by atoms with Crippen LogP contribution in [-0.2, 0) is 0 Å². The standard InChI is InChI=1S/C5H6/c1-2-5-3-4-5/h1,5H,3-4H2/i1D. The first-order valence-electron chi connectivity index (χ1n) is 2.36. The van der Waals surface area contributed by atoms with E-state index in [1.54, 1.807) is 0 Å². The number of rotatable bonds is 0. The van der Waals surface area contributed by atoms with Crippen LogP contribution >= 0.6 is 0 Å². The predicted molar refractivity (Wildman–Crippen MR) is 21.6 cm³/mol. The van der Waals surface area contributed by atoms with Crippen molar-refractivity contribution in [3.63, 3.8) is 0 Å². The molecule has 1 aliphatic rings. The molecule has 26 valence electrons. The summed E-state index contributed by atoms with van der Waals surface area (Å²) in [5, 5.41) is 0. The Hall–Kier alpha value is -0.440. The molecule has 1 fully saturated rings. The highest BCUT2D eigenvalue weighted by Gasteiger charge is 2.16. The summed E-state index contributed by atoms with van der Waals surface area (Å²) in [5.41, 5.74) is 0. The van der Waals surface area contributed by atoms with Crippen molar-refractivity contribution >= 4 is 0 Å². The lowest BCUT2D eigenvalue weighted by Gasteiger charge is -1.57. The van der Waals surface area contributed by atoms with Crippen LogP contribution in [0.3, 0.4) is 0 Å². The normalized spacial score (nSPS) is 22.8. The molecule has 5 heavy (non-hydrogen) atoms. The maximum Gasteiger partial charge on any atom is 0.124 e. The minimum atomic E-state index is 0.600. The van der Waals surface area contributed by atoms with E-state index in [1.807, 2.05) is 0 Å². The second-order valence-electron chi connectivity index (χ2n) is 1.42. The van der Waals surface area contributed by atoms with E-state index >= 15 is 0 Å². The van der Waals surface area contributed by atoms with Crippen LogP contribution in [0.15, 0.2) is 0 Å². The van der Waals surface area contributed by atoms with E-state index in [4.69, 9.17) is 1.37 Å². The number of terminal acetylenes is 1. The van der Waals surface area contributed by atoms with E-state index in [2.05, 4.69) is 12.3 Å². The van der Waals surface area contributed by atoms with Crippen molar-refractivity contribution in [2.24, 2.45) is 5.92 Å². The fraction of sp³-hybridized carbons (Fsp3) is 0.600. The first-order chi connectivity index (χ1) is 2.93. The third-order valence-electron chi connectivity index (χ3n) is 0.781. The average Bonchev–Trinajstić information content (AvgIpc) is 2.21. The van der Waals surface area contributed by atoms with E-state index in [1.165, 1.54) is 12.8 Å². The summed E-state index contributed by atoms with van der Waals surface area (Å²) in [6.45, 7) is 0. The fourth-order valence-electron chi connectivity index (χ4n) is 0.228. The van der Waals surface area contributed by atoms with E-state index in [9.17, 15) is 0 Å². The van der Waals surface area contributed by atoms with E-state index in [-0.39, 0.29) is 0 Å². The van der Waals surface area contributed by atoms with Crippen molar-refractivity contribution in [3.8, 4) is 12.3 Å². The van der Waals surface area contributed by atoms with Gasteiger partial charge in [-0.2, -0.15) is 0 Å². The summed E-state index contributed by atoms with van der Waals surface area (Å²) >= 11 is 0. The van der Waals surface area contributed by atoms with Crippen LogP contribution in [-0.4, -0.2) is 0 Å². The van der Waals surface area contributed by atoms with Crippen LogP contribution in [0, 0.1) is 18.2 Å². The Morgan fingerprint density at radius 3 is 3.00 bits per heavy atom. The van der Waals surface area contributed by atoms with Gasteiger partial charge in [0.15, 0.2) is 0 Å². The van der Waals surface area contributed by atoms with Crippen molar-refractivity contribution in [2.45, 2.75) is 12.8 Å². The van der Waals surface area contributed by atoms with Gasteiger partial charge in [-0.05, 0) is 12.8 Å². The van der Waals surface area contributed by atoms with Gasteiger partial charge in [-0.15, -0.1) is 12.3 Å². The third-order valence-corrected chi connectivity index (χ3v) is 0.781. The molecule has 0 heterocycles. The molecule has 0 bridgehead atoms. The Morgan fingerprint density at radius 2 is 2.80 bits per heavy atom. The summed E-state index contributed by atoms with van der Waals surface area (Å²) in [5.74, 6) is 3.34. The molecular formula is C5H6. The van der Waals surface area contributed by atoms with Gasteiger partial charge in [0.1, 0.15) is 1.37 Å². The molecule has 0 unspecified atom stereocenters. The SMILES string of the molecule is [2H]C#CC1CC1. The quantitative estimate of drug-likeness (QED) is 0.371. The molecule has 0 radical (unpaired) electrons. The average molecular weight is 67.1 g/mol. The van der Waals surface area contributed by atoms with Gasteiger partial charge in [-0.25, -0.2) is 0 Å². The van der Waals surface area contributed by atoms with Crippen molar-refractivity contribution < 1.29 is 1.37 Å².